The van der Waals surface area contributed by atoms with E-state index in [1.165, 1.54) is 0 Å². The molecule has 22 heavy (non-hydrogen) atoms. The summed E-state index contributed by atoms with van der Waals surface area (Å²) in [6, 6.07) is 1.94. The summed E-state index contributed by atoms with van der Waals surface area (Å²) in [6.45, 7) is 10.5. The van der Waals surface area contributed by atoms with Gasteiger partial charge in [-0.05, 0) is 26.8 Å². The van der Waals surface area contributed by atoms with Crippen molar-refractivity contribution in [3.05, 3.63) is 11.6 Å². The van der Waals surface area contributed by atoms with Gasteiger partial charge in [-0.15, -0.1) is 5.06 Å². The Hall–Kier alpha value is -1.66. The van der Waals surface area contributed by atoms with Crippen molar-refractivity contribution in [2.24, 2.45) is 0 Å². The Morgan fingerprint density at radius 1 is 1.05 bits per heavy atom. The van der Waals surface area contributed by atoms with Gasteiger partial charge in [0.2, 0.25) is 11.5 Å². The summed E-state index contributed by atoms with van der Waals surface area (Å²) >= 11 is 0. The molecule has 124 valence electrons. The molecule has 1 fully saturated rings. The summed E-state index contributed by atoms with van der Waals surface area (Å²) < 4.78 is 17.0. The van der Waals surface area contributed by atoms with E-state index in [1.54, 1.807) is 7.11 Å². The van der Waals surface area contributed by atoms with Crippen LogP contribution in [-0.4, -0.2) is 51.6 Å². The number of ether oxygens (including phenoxy) is 3. The first kappa shape index (κ1) is 16.7. The summed E-state index contributed by atoms with van der Waals surface area (Å²) in [7, 11) is 1.62. The highest BCUT2D eigenvalue weighted by molar-refractivity contribution is 5.62. The van der Waals surface area contributed by atoms with Crippen molar-refractivity contribution in [3.63, 3.8) is 0 Å². The van der Waals surface area contributed by atoms with Crippen LogP contribution in [0.2, 0.25) is 0 Å². The number of methoxy groups -OCH3 is 1. The van der Waals surface area contributed by atoms with Gasteiger partial charge < -0.3 is 24.4 Å². The molecule has 0 spiro atoms. The van der Waals surface area contributed by atoms with Crippen molar-refractivity contribution in [2.75, 3.05) is 46.5 Å². The maximum absolute atomic E-state index is 6.06. The van der Waals surface area contributed by atoms with Crippen LogP contribution in [0.4, 0.5) is 0 Å². The van der Waals surface area contributed by atoms with Crippen LogP contribution in [-0.2, 0) is 0 Å². The van der Waals surface area contributed by atoms with Gasteiger partial charge in [0.25, 0.3) is 0 Å². The van der Waals surface area contributed by atoms with E-state index in [-0.39, 0.29) is 0 Å². The van der Waals surface area contributed by atoms with E-state index in [4.69, 9.17) is 19.0 Å². The average molecular weight is 310 g/mol. The summed E-state index contributed by atoms with van der Waals surface area (Å²) in [6.07, 6.45) is 0. The molecule has 1 aromatic carbocycles. The Labute approximate surface area is 132 Å². The van der Waals surface area contributed by atoms with E-state index < -0.39 is 0 Å². The number of nitrogens with one attached hydrogen (secondary N) is 1. The minimum atomic E-state index is 0.534. The quantitative estimate of drug-likeness (QED) is 0.831. The standard InChI is InChI=1S/C16H26N2O4/c1-5-20-13-11-12(3)14(16(19-4)15(13)21-6-2)22-18-9-7-17-8-10-18/h11,17H,5-10H2,1-4H3. The zero-order chi connectivity index (χ0) is 15.9. The highest BCUT2D eigenvalue weighted by Gasteiger charge is 2.23. The summed E-state index contributed by atoms with van der Waals surface area (Å²) in [5.74, 6) is 2.56. The maximum atomic E-state index is 6.06. The highest BCUT2D eigenvalue weighted by atomic mass is 16.7. The van der Waals surface area contributed by atoms with Gasteiger partial charge in [-0.1, -0.05) is 0 Å². The van der Waals surface area contributed by atoms with Crippen LogP contribution in [0.1, 0.15) is 19.4 Å². The fourth-order valence-electron chi connectivity index (χ4n) is 2.43. The van der Waals surface area contributed by atoms with Crippen LogP contribution in [0, 0.1) is 6.92 Å². The fourth-order valence-corrected chi connectivity index (χ4v) is 2.43. The van der Waals surface area contributed by atoms with Crippen LogP contribution in [0.25, 0.3) is 0 Å². The molecule has 1 aliphatic rings. The molecule has 0 radical (unpaired) electrons. The monoisotopic (exact) mass is 310 g/mol. The van der Waals surface area contributed by atoms with Gasteiger partial charge in [0.15, 0.2) is 11.5 Å². The Morgan fingerprint density at radius 3 is 2.32 bits per heavy atom. The number of hydrogen-bond acceptors (Lipinski definition) is 6. The smallest absolute Gasteiger partial charge is 0.210 e. The molecule has 1 aliphatic heterocycles. The predicted molar refractivity (Wildman–Crippen MR) is 85.1 cm³/mol. The first-order valence-corrected chi connectivity index (χ1v) is 7.82. The van der Waals surface area contributed by atoms with E-state index in [9.17, 15) is 0 Å². The van der Waals surface area contributed by atoms with Gasteiger partial charge >= 0.3 is 0 Å². The van der Waals surface area contributed by atoms with Gasteiger partial charge in [-0.25, -0.2) is 0 Å². The van der Waals surface area contributed by atoms with Gasteiger partial charge in [0.1, 0.15) is 0 Å². The first-order valence-electron chi connectivity index (χ1n) is 7.82. The Bertz CT molecular complexity index is 488. The van der Waals surface area contributed by atoms with E-state index >= 15 is 0 Å². The molecule has 6 nitrogen and oxygen atoms in total. The predicted octanol–water partition coefficient (Wildman–Crippen LogP) is 2.00. The Morgan fingerprint density at radius 2 is 1.73 bits per heavy atom. The van der Waals surface area contributed by atoms with E-state index in [1.807, 2.05) is 31.9 Å². The lowest BCUT2D eigenvalue weighted by Gasteiger charge is -2.29. The van der Waals surface area contributed by atoms with Crippen molar-refractivity contribution in [1.29, 1.82) is 0 Å². The van der Waals surface area contributed by atoms with Crippen LogP contribution < -0.4 is 24.4 Å². The average Bonchev–Trinajstić information content (AvgIpc) is 2.53. The molecular formula is C16H26N2O4. The van der Waals surface area contributed by atoms with E-state index in [0.717, 1.165) is 31.7 Å². The Balaban J connectivity index is 2.36. The van der Waals surface area contributed by atoms with Crippen LogP contribution in [0.5, 0.6) is 23.0 Å². The Kier molecular flexibility index (Phi) is 6.15. The molecule has 1 N–H and O–H groups in total. The third-order valence-corrected chi connectivity index (χ3v) is 3.43. The fraction of sp³-hybridized carbons (Fsp3) is 0.625. The summed E-state index contributed by atoms with van der Waals surface area (Å²) in [4.78, 5) is 6.06. The van der Waals surface area contributed by atoms with Crippen molar-refractivity contribution < 1.29 is 19.0 Å². The van der Waals surface area contributed by atoms with Crippen molar-refractivity contribution >= 4 is 0 Å². The van der Waals surface area contributed by atoms with Crippen LogP contribution in [0.15, 0.2) is 6.07 Å². The number of rotatable bonds is 7. The molecule has 0 aliphatic carbocycles. The number of nitrogens with zero attached hydrogens (tertiary/aromatic N) is 1. The summed E-state index contributed by atoms with van der Waals surface area (Å²) in [5, 5.41) is 5.25. The number of piperazine rings is 1. The SMILES string of the molecule is CCOc1cc(C)c(ON2CCNCC2)c(OC)c1OCC. The lowest BCUT2D eigenvalue weighted by Crippen LogP contribution is -2.45. The molecule has 0 unspecified atom stereocenters. The van der Waals surface area contributed by atoms with Crippen LogP contribution in [0.3, 0.4) is 0 Å². The highest BCUT2D eigenvalue weighted by Crippen LogP contribution is 2.47. The molecule has 1 saturated heterocycles. The van der Waals surface area contributed by atoms with Gasteiger partial charge in [0.05, 0.1) is 20.3 Å². The van der Waals surface area contributed by atoms with E-state index in [2.05, 4.69) is 5.32 Å². The third-order valence-electron chi connectivity index (χ3n) is 3.43. The molecular weight excluding hydrogens is 284 g/mol. The second kappa shape index (κ2) is 8.10. The van der Waals surface area contributed by atoms with Crippen molar-refractivity contribution in [1.82, 2.24) is 10.4 Å². The second-order valence-corrected chi connectivity index (χ2v) is 5.02. The molecule has 2 rings (SSSR count). The number of hydroxylamine groups is 2. The molecule has 1 aromatic rings. The molecule has 6 heteroatoms. The zero-order valence-corrected chi connectivity index (χ0v) is 13.9. The zero-order valence-electron chi connectivity index (χ0n) is 13.9. The maximum Gasteiger partial charge on any atom is 0.210 e. The molecule has 0 amide bonds. The second-order valence-electron chi connectivity index (χ2n) is 5.02. The largest absolute Gasteiger partial charge is 0.490 e. The molecule has 0 aromatic heterocycles. The third kappa shape index (κ3) is 3.75. The molecule has 0 bridgehead atoms. The minimum Gasteiger partial charge on any atom is -0.490 e. The lowest BCUT2D eigenvalue weighted by molar-refractivity contribution is -0.0689. The van der Waals surface area contributed by atoms with E-state index in [0.29, 0.717) is 36.2 Å². The topological polar surface area (TPSA) is 52.2 Å². The van der Waals surface area contributed by atoms with Crippen molar-refractivity contribution in [3.8, 4) is 23.0 Å². The van der Waals surface area contributed by atoms with Crippen LogP contribution >= 0.6 is 0 Å². The van der Waals surface area contributed by atoms with Crippen molar-refractivity contribution in [2.45, 2.75) is 20.8 Å². The van der Waals surface area contributed by atoms with Gasteiger partial charge in [-0.3, -0.25) is 0 Å². The van der Waals surface area contributed by atoms with Gasteiger partial charge in [-0.2, -0.15) is 0 Å². The molecule has 0 atom stereocenters. The number of benzene rings is 1. The minimum absolute atomic E-state index is 0.534. The summed E-state index contributed by atoms with van der Waals surface area (Å²) in [5.41, 5.74) is 0.960. The number of aryl methyl sites for hydroxylation is 1. The number of hydrogen-bond donors (Lipinski definition) is 1. The lowest BCUT2D eigenvalue weighted by atomic mass is 10.1. The molecule has 1 heterocycles. The molecule has 0 saturated carbocycles. The van der Waals surface area contributed by atoms with Gasteiger partial charge in [0, 0.05) is 31.7 Å². The normalized spacial score (nSPS) is 15.5. The first-order chi connectivity index (χ1) is 10.7.